The Kier molecular flexibility index (Phi) is 6.34. The summed E-state index contributed by atoms with van der Waals surface area (Å²) < 4.78 is 6.65. The lowest BCUT2D eigenvalue weighted by molar-refractivity contribution is -0.122. The molecule has 0 fully saturated rings. The van der Waals surface area contributed by atoms with Crippen LogP contribution in [0.25, 0.3) is 10.2 Å². The first kappa shape index (κ1) is 19.4. The van der Waals surface area contributed by atoms with Gasteiger partial charge < -0.3 is 9.73 Å². The number of rotatable bonds is 9. The molecule has 2 aromatic heterocycles. The van der Waals surface area contributed by atoms with E-state index in [0.29, 0.717) is 26.2 Å². The Bertz CT molecular complexity index is 1010. The van der Waals surface area contributed by atoms with E-state index < -0.39 is 0 Å². The van der Waals surface area contributed by atoms with E-state index in [0.717, 1.165) is 22.7 Å². The molecule has 0 unspecified atom stereocenters. The molecule has 0 saturated carbocycles. The van der Waals surface area contributed by atoms with Gasteiger partial charge in [-0.05, 0) is 29.8 Å². The van der Waals surface area contributed by atoms with Gasteiger partial charge in [-0.15, -0.1) is 11.3 Å². The van der Waals surface area contributed by atoms with Gasteiger partial charge in [0.15, 0.2) is 0 Å². The normalized spacial score (nSPS) is 11.2. The van der Waals surface area contributed by atoms with Gasteiger partial charge in [-0.3, -0.25) is 9.69 Å². The number of carbonyl (C=O) groups is 1. The van der Waals surface area contributed by atoms with E-state index in [-0.39, 0.29) is 5.91 Å². The molecule has 0 aliphatic heterocycles. The van der Waals surface area contributed by atoms with E-state index in [1.54, 1.807) is 17.6 Å². The van der Waals surface area contributed by atoms with Crippen molar-refractivity contribution in [3.8, 4) is 0 Å². The summed E-state index contributed by atoms with van der Waals surface area (Å²) in [6.07, 6.45) is 2.40. The smallest absolute Gasteiger partial charge is 0.234 e. The lowest BCUT2D eigenvalue weighted by atomic mass is 10.2. The van der Waals surface area contributed by atoms with E-state index >= 15 is 0 Å². The Morgan fingerprint density at radius 2 is 1.83 bits per heavy atom. The van der Waals surface area contributed by atoms with Crippen LogP contribution in [0.15, 0.2) is 77.4 Å². The summed E-state index contributed by atoms with van der Waals surface area (Å²) in [5, 5.41) is 4.07. The third-order valence-corrected chi connectivity index (χ3v) is 5.67. The van der Waals surface area contributed by atoms with Crippen molar-refractivity contribution in [2.45, 2.75) is 19.5 Å². The molecule has 0 aliphatic rings. The average molecular weight is 406 g/mol. The molecule has 2 heterocycles. The SMILES string of the molecule is O=C(CN(Cc1ccccc1)Cc1ccco1)NCCc1nc2ccccc2s1. The highest BCUT2D eigenvalue weighted by atomic mass is 32.1. The fourth-order valence-corrected chi connectivity index (χ4v) is 4.19. The van der Waals surface area contributed by atoms with Crippen LogP contribution in [0.1, 0.15) is 16.3 Å². The number of hydrogen-bond donors (Lipinski definition) is 1. The summed E-state index contributed by atoms with van der Waals surface area (Å²) in [5.74, 6) is 0.858. The quantitative estimate of drug-likeness (QED) is 0.452. The first-order valence-electron chi connectivity index (χ1n) is 9.66. The van der Waals surface area contributed by atoms with Gasteiger partial charge in [0, 0.05) is 19.5 Å². The van der Waals surface area contributed by atoms with Crippen LogP contribution in [0.4, 0.5) is 0 Å². The maximum atomic E-state index is 12.5. The number of carbonyl (C=O) groups excluding carboxylic acids is 1. The van der Waals surface area contributed by atoms with Gasteiger partial charge in [0.25, 0.3) is 0 Å². The summed E-state index contributed by atoms with van der Waals surface area (Å²) in [7, 11) is 0. The topological polar surface area (TPSA) is 58.4 Å². The van der Waals surface area contributed by atoms with Crippen LogP contribution < -0.4 is 5.32 Å². The van der Waals surface area contributed by atoms with Crippen molar-refractivity contribution in [1.82, 2.24) is 15.2 Å². The molecule has 5 nitrogen and oxygen atoms in total. The zero-order valence-corrected chi connectivity index (χ0v) is 16.9. The fraction of sp³-hybridized carbons (Fsp3) is 0.217. The monoisotopic (exact) mass is 405 g/mol. The third-order valence-electron chi connectivity index (χ3n) is 4.57. The third kappa shape index (κ3) is 5.53. The maximum Gasteiger partial charge on any atom is 0.234 e. The number of furan rings is 1. The number of thiazole rings is 1. The second-order valence-electron chi connectivity index (χ2n) is 6.89. The molecule has 0 radical (unpaired) electrons. The van der Waals surface area contributed by atoms with Gasteiger partial charge >= 0.3 is 0 Å². The number of aromatic nitrogens is 1. The van der Waals surface area contributed by atoms with Crippen LogP contribution in [0, 0.1) is 0 Å². The molecule has 0 bridgehead atoms. The molecule has 4 rings (SSSR count). The molecule has 29 heavy (non-hydrogen) atoms. The van der Waals surface area contributed by atoms with Crippen molar-refractivity contribution < 1.29 is 9.21 Å². The van der Waals surface area contributed by atoms with Crippen LogP contribution in [0.5, 0.6) is 0 Å². The lowest BCUT2D eigenvalue weighted by Gasteiger charge is -2.21. The number of amides is 1. The largest absolute Gasteiger partial charge is 0.468 e. The van der Waals surface area contributed by atoms with Crippen LogP contribution in [0.3, 0.4) is 0 Å². The van der Waals surface area contributed by atoms with Crippen LogP contribution in [-0.4, -0.2) is 28.9 Å². The molecule has 4 aromatic rings. The Labute approximate surface area is 174 Å². The van der Waals surface area contributed by atoms with Crippen molar-refractivity contribution in [3.63, 3.8) is 0 Å². The summed E-state index contributed by atoms with van der Waals surface area (Å²) in [5.41, 5.74) is 2.19. The van der Waals surface area contributed by atoms with Gasteiger partial charge in [0.05, 0.1) is 34.6 Å². The molecule has 2 aromatic carbocycles. The van der Waals surface area contributed by atoms with E-state index in [9.17, 15) is 4.79 Å². The molecular formula is C23H23N3O2S. The highest BCUT2D eigenvalue weighted by molar-refractivity contribution is 7.18. The van der Waals surface area contributed by atoms with Crippen molar-refractivity contribution in [1.29, 1.82) is 0 Å². The molecule has 148 valence electrons. The van der Waals surface area contributed by atoms with E-state index in [4.69, 9.17) is 4.42 Å². The Hall–Kier alpha value is -2.96. The average Bonchev–Trinajstić information content (AvgIpc) is 3.38. The predicted molar refractivity (Wildman–Crippen MR) is 116 cm³/mol. The van der Waals surface area contributed by atoms with Crippen molar-refractivity contribution >= 4 is 27.5 Å². The zero-order chi connectivity index (χ0) is 19.9. The number of benzene rings is 2. The number of para-hydroxylation sites is 1. The first-order chi connectivity index (χ1) is 14.3. The number of nitrogens with one attached hydrogen (secondary N) is 1. The molecule has 6 heteroatoms. The van der Waals surface area contributed by atoms with Gasteiger partial charge in [0.2, 0.25) is 5.91 Å². The fourth-order valence-electron chi connectivity index (χ4n) is 3.23. The highest BCUT2D eigenvalue weighted by Gasteiger charge is 2.13. The summed E-state index contributed by atoms with van der Waals surface area (Å²) in [6.45, 7) is 2.17. The van der Waals surface area contributed by atoms with Gasteiger partial charge in [-0.1, -0.05) is 42.5 Å². The molecule has 0 atom stereocenters. The molecule has 1 amide bonds. The second kappa shape index (κ2) is 9.49. The van der Waals surface area contributed by atoms with E-state index in [1.807, 2.05) is 48.5 Å². The minimum absolute atomic E-state index is 0.00796. The minimum atomic E-state index is 0.00796. The Morgan fingerprint density at radius 1 is 1.00 bits per heavy atom. The maximum absolute atomic E-state index is 12.5. The standard InChI is InChI=1S/C23H23N3O2S/c27-22(24-13-12-23-25-20-10-4-5-11-21(20)29-23)17-26(16-19-9-6-14-28-19)15-18-7-2-1-3-8-18/h1-11,14H,12-13,15-17H2,(H,24,27). The van der Waals surface area contributed by atoms with Crippen molar-refractivity contribution in [3.05, 3.63) is 89.3 Å². The molecule has 0 aliphatic carbocycles. The number of fused-ring (bicyclic) bond motifs is 1. The second-order valence-corrected chi connectivity index (χ2v) is 8.00. The molecule has 0 spiro atoms. The Morgan fingerprint density at radius 3 is 2.62 bits per heavy atom. The molecule has 0 saturated heterocycles. The van der Waals surface area contributed by atoms with Crippen LogP contribution >= 0.6 is 11.3 Å². The summed E-state index contributed by atoms with van der Waals surface area (Å²) in [6, 6.07) is 22.1. The number of nitrogens with zero attached hydrogens (tertiary/aromatic N) is 2. The van der Waals surface area contributed by atoms with E-state index in [2.05, 4.69) is 33.4 Å². The summed E-state index contributed by atoms with van der Waals surface area (Å²) in [4.78, 5) is 19.2. The van der Waals surface area contributed by atoms with Crippen molar-refractivity contribution in [2.75, 3.05) is 13.1 Å². The van der Waals surface area contributed by atoms with Gasteiger partial charge in [-0.25, -0.2) is 4.98 Å². The van der Waals surface area contributed by atoms with Crippen LogP contribution in [0.2, 0.25) is 0 Å². The molecular weight excluding hydrogens is 382 g/mol. The minimum Gasteiger partial charge on any atom is -0.468 e. The Balaban J connectivity index is 1.31. The van der Waals surface area contributed by atoms with Gasteiger partial charge in [0.1, 0.15) is 5.76 Å². The van der Waals surface area contributed by atoms with Crippen LogP contribution in [-0.2, 0) is 24.3 Å². The summed E-state index contributed by atoms with van der Waals surface area (Å²) >= 11 is 1.68. The number of hydrogen-bond acceptors (Lipinski definition) is 5. The van der Waals surface area contributed by atoms with E-state index in [1.165, 1.54) is 10.3 Å². The zero-order valence-electron chi connectivity index (χ0n) is 16.1. The predicted octanol–water partition coefficient (Wildman–Crippen LogP) is 4.25. The molecule has 1 N–H and O–H groups in total. The first-order valence-corrected chi connectivity index (χ1v) is 10.5. The van der Waals surface area contributed by atoms with Gasteiger partial charge in [-0.2, -0.15) is 0 Å². The highest BCUT2D eigenvalue weighted by Crippen LogP contribution is 2.21. The van der Waals surface area contributed by atoms with Crippen molar-refractivity contribution in [2.24, 2.45) is 0 Å². The lowest BCUT2D eigenvalue weighted by Crippen LogP contribution is -2.37.